The standard InChI is InChI=1S/C15H16ClN3O/c1-8(2)11-5-9(3)13(10(4)6-11)20-14-12(17)7-18-15(16)19-14/h5-7H,1,17H2,2-4H3/p+1. The number of anilines is 1. The Morgan fingerprint density at radius 3 is 2.50 bits per heavy atom. The minimum atomic E-state index is 0.225. The van der Waals surface area contributed by atoms with E-state index in [2.05, 4.69) is 16.5 Å². The summed E-state index contributed by atoms with van der Waals surface area (Å²) in [6.45, 7) is 9.87. The minimum absolute atomic E-state index is 0.225. The van der Waals surface area contributed by atoms with Gasteiger partial charge in [0.05, 0.1) is 0 Å². The van der Waals surface area contributed by atoms with E-state index < -0.39 is 0 Å². The lowest BCUT2D eigenvalue weighted by Crippen LogP contribution is -2.09. The molecule has 3 N–H and O–H groups in total. The van der Waals surface area contributed by atoms with Crippen LogP contribution in [0.15, 0.2) is 24.9 Å². The van der Waals surface area contributed by atoms with Gasteiger partial charge in [-0.25, -0.2) is 4.98 Å². The highest BCUT2D eigenvalue weighted by molar-refractivity contribution is 6.27. The number of H-pyrrole nitrogens is 1. The summed E-state index contributed by atoms with van der Waals surface area (Å²) in [6, 6.07) is 4.05. The van der Waals surface area contributed by atoms with Crippen LogP contribution in [-0.4, -0.2) is 4.98 Å². The highest BCUT2D eigenvalue weighted by Crippen LogP contribution is 2.32. The Hall–Kier alpha value is -2.07. The van der Waals surface area contributed by atoms with Gasteiger partial charge in [-0.05, 0) is 49.6 Å². The van der Waals surface area contributed by atoms with Crippen LogP contribution in [0, 0.1) is 13.8 Å². The molecular formula is C15H17ClN3O+. The first-order chi connectivity index (χ1) is 9.38. The Balaban J connectivity index is 2.44. The Labute approximate surface area is 123 Å². The molecule has 5 heteroatoms. The molecule has 2 aromatic rings. The Morgan fingerprint density at radius 2 is 1.95 bits per heavy atom. The Morgan fingerprint density at radius 1 is 1.35 bits per heavy atom. The molecular weight excluding hydrogens is 274 g/mol. The van der Waals surface area contributed by atoms with E-state index in [1.807, 2.05) is 32.9 Å². The van der Waals surface area contributed by atoms with Crippen molar-refractivity contribution in [1.29, 1.82) is 0 Å². The molecule has 2 rings (SSSR count). The first kappa shape index (κ1) is 14.3. The zero-order chi connectivity index (χ0) is 14.9. The molecule has 4 nitrogen and oxygen atoms in total. The average molecular weight is 291 g/mol. The molecule has 0 atom stereocenters. The van der Waals surface area contributed by atoms with Crippen LogP contribution >= 0.6 is 11.6 Å². The topological polar surface area (TPSA) is 62.3 Å². The molecule has 0 saturated carbocycles. The van der Waals surface area contributed by atoms with Gasteiger partial charge in [-0.1, -0.05) is 12.2 Å². The highest BCUT2D eigenvalue weighted by atomic mass is 35.5. The number of rotatable bonds is 3. The highest BCUT2D eigenvalue weighted by Gasteiger charge is 2.17. The number of hydrogen-bond acceptors (Lipinski definition) is 3. The van der Waals surface area contributed by atoms with Gasteiger partial charge in [0.15, 0.2) is 5.69 Å². The molecule has 1 aromatic carbocycles. The van der Waals surface area contributed by atoms with Gasteiger partial charge in [-0.15, -0.1) is 0 Å². The molecule has 0 bridgehead atoms. The molecule has 104 valence electrons. The van der Waals surface area contributed by atoms with Crippen molar-refractivity contribution in [1.82, 2.24) is 4.98 Å². The predicted molar refractivity (Wildman–Crippen MR) is 80.9 cm³/mol. The molecule has 0 fully saturated rings. The zero-order valence-electron chi connectivity index (χ0n) is 11.7. The van der Waals surface area contributed by atoms with Crippen LogP contribution in [0.1, 0.15) is 23.6 Å². The monoisotopic (exact) mass is 290 g/mol. The normalized spacial score (nSPS) is 10.4. The Bertz CT molecular complexity index is 660. The van der Waals surface area contributed by atoms with Gasteiger partial charge in [-0.3, -0.25) is 0 Å². The molecule has 0 aliphatic carbocycles. The number of benzene rings is 1. The van der Waals surface area contributed by atoms with E-state index in [0.717, 1.165) is 28.0 Å². The largest absolute Gasteiger partial charge is 0.418 e. The second-order valence-corrected chi connectivity index (χ2v) is 5.13. The SMILES string of the molecule is C=C(C)c1cc(C)c(Oc2nc(Cl)[nH+]cc2N)c(C)c1. The molecule has 0 spiro atoms. The maximum atomic E-state index is 5.82. The van der Waals surface area contributed by atoms with Gasteiger partial charge >= 0.3 is 11.2 Å². The van der Waals surface area contributed by atoms with Crippen LogP contribution in [0.2, 0.25) is 5.28 Å². The van der Waals surface area contributed by atoms with Crippen LogP contribution in [0.25, 0.3) is 5.57 Å². The van der Waals surface area contributed by atoms with Gasteiger partial charge < -0.3 is 10.5 Å². The maximum absolute atomic E-state index is 5.82. The third-order valence-electron chi connectivity index (χ3n) is 2.95. The number of nitrogens with one attached hydrogen (secondary N) is 1. The number of aromatic amines is 1. The second kappa shape index (κ2) is 5.51. The fourth-order valence-corrected chi connectivity index (χ4v) is 2.05. The van der Waals surface area contributed by atoms with E-state index in [-0.39, 0.29) is 5.28 Å². The number of aryl methyl sites for hydroxylation is 2. The number of allylic oxidation sites excluding steroid dienone is 1. The molecule has 0 amide bonds. The van der Waals surface area contributed by atoms with Crippen LogP contribution < -0.4 is 15.5 Å². The van der Waals surface area contributed by atoms with E-state index in [1.54, 1.807) is 6.20 Å². The first-order valence-corrected chi connectivity index (χ1v) is 6.55. The summed E-state index contributed by atoms with van der Waals surface area (Å²) in [6.07, 6.45) is 1.55. The quantitative estimate of drug-likeness (QED) is 0.879. The predicted octanol–water partition coefficient (Wildman–Crippen LogP) is 3.57. The van der Waals surface area contributed by atoms with Gasteiger partial charge in [0.1, 0.15) is 11.9 Å². The molecule has 0 unspecified atom stereocenters. The third-order valence-corrected chi connectivity index (χ3v) is 3.14. The number of ether oxygens (including phenoxy) is 1. The van der Waals surface area contributed by atoms with Crippen LogP contribution in [0.3, 0.4) is 0 Å². The van der Waals surface area contributed by atoms with Crippen molar-refractivity contribution < 1.29 is 9.72 Å². The van der Waals surface area contributed by atoms with Gasteiger partial charge in [0.2, 0.25) is 0 Å². The molecule has 0 saturated heterocycles. The van der Waals surface area contributed by atoms with Crippen molar-refractivity contribution in [3.05, 3.63) is 46.9 Å². The van der Waals surface area contributed by atoms with Crippen molar-refractivity contribution >= 4 is 22.9 Å². The summed E-state index contributed by atoms with van der Waals surface area (Å²) in [7, 11) is 0. The number of nitrogen functional groups attached to an aromatic ring is 1. The van der Waals surface area contributed by atoms with Crippen molar-refractivity contribution in [2.24, 2.45) is 0 Å². The lowest BCUT2D eigenvalue weighted by Gasteiger charge is -2.12. The van der Waals surface area contributed by atoms with E-state index >= 15 is 0 Å². The Kier molecular flexibility index (Phi) is 3.95. The van der Waals surface area contributed by atoms with Gasteiger partial charge in [0, 0.05) is 16.6 Å². The maximum Gasteiger partial charge on any atom is 0.397 e. The molecule has 0 radical (unpaired) electrons. The number of nitrogens with two attached hydrogens (primary N) is 1. The molecule has 20 heavy (non-hydrogen) atoms. The lowest BCUT2D eigenvalue weighted by molar-refractivity contribution is -0.379. The van der Waals surface area contributed by atoms with Crippen molar-refractivity contribution in [3.8, 4) is 11.6 Å². The fraction of sp³-hybridized carbons (Fsp3) is 0.200. The summed E-state index contributed by atoms with van der Waals surface area (Å²) < 4.78 is 5.82. The first-order valence-electron chi connectivity index (χ1n) is 6.17. The van der Waals surface area contributed by atoms with Crippen molar-refractivity contribution in [2.75, 3.05) is 5.73 Å². The summed E-state index contributed by atoms with van der Waals surface area (Å²) in [5.74, 6) is 1.03. The summed E-state index contributed by atoms with van der Waals surface area (Å²) in [5.41, 5.74) is 10.3. The van der Waals surface area contributed by atoms with Crippen LogP contribution in [0.5, 0.6) is 11.6 Å². The van der Waals surface area contributed by atoms with E-state index in [9.17, 15) is 0 Å². The van der Waals surface area contributed by atoms with Gasteiger partial charge in [0.25, 0.3) is 0 Å². The van der Waals surface area contributed by atoms with Crippen LogP contribution in [-0.2, 0) is 0 Å². The van der Waals surface area contributed by atoms with Crippen LogP contribution in [0.4, 0.5) is 5.69 Å². The summed E-state index contributed by atoms with van der Waals surface area (Å²) >= 11 is 5.82. The number of aromatic nitrogens is 2. The molecule has 1 aromatic heterocycles. The molecule has 1 heterocycles. The number of nitrogens with zero attached hydrogens (tertiary/aromatic N) is 1. The van der Waals surface area contributed by atoms with E-state index in [0.29, 0.717) is 11.6 Å². The summed E-state index contributed by atoms with van der Waals surface area (Å²) in [5, 5.41) is 0.225. The number of hydrogen-bond donors (Lipinski definition) is 1. The van der Waals surface area contributed by atoms with Gasteiger partial charge in [-0.2, -0.15) is 0 Å². The fourth-order valence-electron chi connectivity index (χ4n) is 1.92. The average Bonchev–Trinajstić information content (AvgIpc) is 2.37. The lowest BCUT2D eigenvalue weighted by atomic mass is 10.0. The van der Waals surface area contributed by atoms with Crippen molar-refractivity contribution in [3.63, 3.8) is 0 Å². The summed E-state index contributed by atoms with van der Waals surface area (Å²) in [4.78, 5) is 6.77. The van der Waals surface area contributed by atoms with E-state index in [4.69, 9.17) is 22.1 Å². The number of halogens is 1. The van der Waals surface area contributed by atoms with E-state index in [1.165, 1.54) is 0 Å². The smallest absolute Gasteiger partial charge is 0.397 e. The zero-order valence-corrected chi connectivity index (χ0v) is 12.5. The van der Waals surface area contributed by atoms with Crippen molar-refractivity contribution in [2.45, 2.75) is 20.8 Å². The second-order valence-electron chi connectivity index (χ2n) is 4.77. The molecule has 0 aliphatic heterocycles. The third kappa shape index (κ3) is 2.91. The minimum Gasteiger partial charge on any atom is -0.418 e. The molecule has 0 aliphatic rings.